The third-order valence-corrected chi connectivity index (χ3v) is 12.0. The van der Waals surface area contributed by atoms with Crippen LogP contribution in [0.15, 0.2) is 218 Å². The van der Waals surface area contributed by atoms with Gasteiger partial charge in [0.25, 0.3) is 0 Å². The molecule has 0 spiro atoms. The number of hydrogen-bond donors (Lipinski definition) is 0. The van der Waals surface area contributed by atoms with Gasteiger partial charge in [0, 0.05) is 38.6 Å². The Hall–Kier alpha value is -8.21. The normalized spacial score (nSPS) is 11.3. The van der Waals surface area contributed by atoms with E-state index in [1.165, 1.54) is 21.9 Å². The largest absolute Gasteiger partial charge is 0.308 e. The predicted molar refractivity (Wildman–Crippen MR) is 262 cm³/mol. The summed E-state index contributed by atoms with van der Waals surface area (Å²) in [6.45, 7) is 4.34. The van der Waals surface area contributed by atoms with Crippen LogP contribution >= 0.6 is 0 Å². The Bertz CT molecular complexity index is 3190. The average molecular weight is 807 g/mol. The molecule has 11 aromatic rings. The first-order valence-corrected chi connectivity index (χ1v) is 21.4. The van der Waals surface area contributed by atoms with Crippen molar-refractivity contribution in [1.29, 1.82) is 0 Å². The molecule has 0 amide bonds. The van der Waals surface area contributed by atoms with E-state index in [4.69, 9.17) is 15.0 Å². The SMILES string of the molecule is Cc1ccc2c(c1)c1cc(C)ccc1n2-c1c(-c2ccccc2)cc(-c2nc(-c3ccc(-c4ccccc4)cc3)nc(-c3ccc(-c4ccccc4)cc3)n2)cc1-c1ccccc1. The fourth-order valence-electron chi connectivity index (χ4n) is 8.82. The molecule has 4 heteroatoms. The zero-order valence-electron chi connectivity index (χ0n) is 35.1. The summed E-state index contributed by atoms with van der Waals surface area (Å²) >= 11 is 0. The maximum absolute atomic E-state index is 5.32. The molecular weight excluding hydrogens is 765 g/mol. The Labute approximate surface area is 367 Å². The zero-order valence-corrected chi connectivity index (χ0v) is 35.1. The third-order valence-electron chi connectivity index (χ3n) is 12.0. The molecule has 9 aromatic carbocycles. The Morgan fingerprint density at radius 2 is 0.603 bits per heavy atom. The fraction of sp³-hybridized carbons (Fsp3) is 0.0339. The van der Waals surface area contributed by atoms with Crippen LogP contribution in [0, 0.1) is 13.8 Å². The van der Waals surface area contributed by atoms with Gasteiger partial charge in [-0.1, -0.05) is 193 Å². The summed E-state index contributed by atoms with van der Waals surface area (Å²) in [6.07, 6.45) is 0. The molecule has 298 valence electrons. The van der Waals surface area contributed by atoms with Gasteiger partial charge in [0.1, 0.15) is 0 Å². The maximum Gasteiger partial charge on any atom is 0.164 e. The molecule has 0 radical (unpaired) electrons. The molecule has 0 aliphatic heterocycles. The Morgan fingerprint density at radius 1 is 0.286 bits per heavy atom. The fourth-order valence-corrected chi connectivity index (χ4v) is 8.82. The van der Waals surface area contributed by atoms with E-state index in [-0.39, 0.29) is 0 Å². The first kappa shape index (κ1) is 37.8. The van der Waals surface area contributed by atoms with Crippen molar-refractivity contribution in [3.63, 3.8) is 0 Å². The second kappa shape index (κ2) is 16.0. The van der Waals surface area contributed by atoms with Crippen LogP contribution in [-0.2, 0) is 0 Å². The van der Waals surface area contributed by atoms with Crippen LogP contribution in [0.2, 0.25) is 0 Å². The number of benzene rings is 9. The smallest absolute Gasteiger partial charge is 0.164 e. The number of nitrogens with zero attached hydrogens (tertiary/aromatic N) is 4. The van der Waals surface area contributed by atoms with Crippen molar-refractivity contribution in [2.45, 2.75) is 13.8 Å². The third kappa shape index (κ3) is 7.18. The number of aromatic nitrogens is 4. The van der Waals surface area contributed by atoms with Gasteiger partial charge in [0.2, 0.25) is 0 Å². The minimum absolute atomic E-state index is 0.601. The van der Waals surface area contributed by atoms with E-state index in [0.717, 1.165) is 77.9 Å². The summed E-state index contributed by atoms with van der Waals surface area (Å²) in [4.78, 5) is 15.8. The topological polar surface area (TPSA) is 43.6 Å². The van der Waals surface area contributed by atoms with Crippen LogP contribution in [0.4, 0.5) is 0 Å². The van der Waals surface area contributed by atoms with Gasteiger partial charge in [-0.05, 0) is 83.6 Å². The molecule has 11 rings (SSSR count). The second-order valence-electron chi connectivity index (χ2n) is 16.2. The highest BCUT2D eigenvalue weighted by molar-refractivity contribution is 6.11. The van der Waals surface area contributed by atoms with Gasteiger partial charge in [-0.2, -0.15) is 0 Å². The lowest BCUT2D eigenvalue weighted by atomic mass is 9.92. The number of rotatable bonds is 8. The van der Waals surface area contributed by atoms with E-state index in [9.17, 15) is 0 Å². The Kier molecular flexibility index (Phi) is 9.59. The molecule has 0 atom stereocenters. The van der Waals surface area contributed by atoms with Crippen molar-refractivity contribution in [3.05, 3.63) is 230 Å². The standard InChI is InChI=1S/C59H42N4/c1-39-23-33-54-52(35-39)53-36-40(2)24-34-55(53)63(54)56-50(45-19-11-5-12-20-45)37-49(38-51(56)46-21-13-6-14-22-46)59-61-57(47-29-25-43(26-30-47)41-15-7-3-8-16-41)60-58(62-59)48-31-27-44(28-32-48)42-17-9-4-10-18-42/h3-38H,1-2H3. The van der Waals surface area contributed by atoms with E-state index in [2.05, 4.69) is 225 Å². The van der Waals surface area contributed by atoms with Crippen LogP contribution in [-0.4, -0.2) is 19.5 Å². The minimum Gasteiger partial charge on any atom is -0.308 e. The van der Waals surface area contributed by atoms with Crippen LogP contribution in [0.5, 0.6) is 0 Å². The van der Waals surface area contributed by atoms with Crippen molar-refractivity contribution in [1.82, 2.24) is 19.5 Å². The molecule has 2 aromatic heterocycles. The van der Waals surface area contributed by atoms with Crippen molar-refractivity contribution in [2.24, 2.45) is 0 Å². The lowest BCUT2D eigenvalue weighted by molar-refractivity contribution is 1.07. The highest BCUT2D eigenvalue weighted by atomic mass is 15.0. The average Bonchev–Trinajstić information content (AvgIpc) is 3.66. The molecule has 2 heterocycles. The predicted octanol–water partition coefficient (Wildman–Crippen LogP) is 15.3. The van der Waals surface area contributed by atoms with Crippen molar-refractivity contribution < 1.29 is 0 Å². The number of fused-ring (bicyclic) bond motifs is 3. The highest BCUT2D eigenvalue weighted by Crippen LogP contribution is 2.44. The lowest BCUT2D eigenvalue weighted by Gasteiger charge is -2.21. The van der Waals surface area contributed by atoms with Crippen LogP contribution in [0.1, 0.15) is 11.1 Å². The quantitative estimate of drug-likeness (QED) is 0.154. The maximum atomic E-state index is 5.32. The van der Waals surface area contributed by atoms with Crippen LogP contribution in [0.3, 0.4) is 0 Å². The zero-order chi connectivity index (χ0) is 42.3. The van der Waals surface area contributed by atoms with Gasteiger partial charge in [0.05, 0.1) is 16.7 Å². The summed E-state index contributed by atoms with van der Waals surface area (Å²) in [7, 11) is 0. The molecule has 0 unspecified atom stereocenters. The van der Waals surface area contributed by atoms with E-state index in [0.29, 0.717) is 17.5 Å². The molecule has 4 nitrogen and oxygen atoms in total. The second-order valence-corrected chi connectivity index (χ2v) is 16.2. The Morgan fingerprint density at radius 3 is 0.984 bits per heavy atom. The first-order valence-electron chi connectivity index (χ1n) is 21.4. The van der Waals surface area contributed by atoms with Gasteiger partial charge >= 0.3 is 0 Å². The molecular formula is C59H42N4. The van der Waals surface area contributed by atoms with Crippen LogP contribution < -0.4 is 0 Å². The monoisotopic (exact) mass is 806 g/mol. The molecule has 0 N–H and O–H groups in total. The first-order chi connectivity index (χ1) is 31.0. The van der Waals surface area contributed by atoms with E-state index >= 15 is 0 Å². The summed E-state index contributed by atoms with van der Waals surface area (Å²) in [5, 5.41) is 2.47. The van der Waals surface area contributed by atoms with Crippen molar-refractivity contribution >= 4 is 21.8 Å². The minimum atomic E-state index is 0.601. The summed E-state index contributed by atoms with van der Waals surface area (Å²) < 4.78 is 2.46. The molecule has 63 heavy (non-hydrogen) atoms. The number of hydrogen-bond acceptors (Lipinski definition) is 3. The van der Waals surface area contributed by atoms with Crippen molar-refractivity contribution in [3.8, 4) is 84.4 Å². The van der Waals surface area contributed by atoms with E-state index < -0.39 is 0 Å². The molecule has 0 saturated carbocycles. The van der Waals surface area contributed by atoms with Gasteiger partial charge in [-0.25, -0.2) is 15.0 Å². The Balaban J connectivity index is 1.17. The lowest BCUT2D eigenvalue weighted by Crippen LogP contribution is -2.04. The van der Waals surface area contributed by atoms with Crippen molar-refractivity contribution in [2.75, 3.05) is 0 Å². The summed E-state index contributed by atoms with van der Waals surface area (Å²) in [5.74, 6) is 1.83. The van der Waals surface area contributed by atoms with Crippen LogP contribution in [0.25, 0.3) is 106 Å². The van der Waals surface area contributed by atoms with Gasteiger partial charge in [-0.3, -0.25) is 0 Å². The van der Waals surface area contributed by atoms with E-state index in [1.807, 2.05) is 12.1 Å². The molecule has 0 aliphatic carbocycles. The molecule has 0 fully saturated rings. The molecule has 0 aliphatic rings. The summed E-state index contributed by atoms with van der Waals surface area (Å²) in [6, 6.07) is 77.5. The highest BCUT2D eigenvalue weighted by Gasteiger charge is 2.23. The van der Waals surface area contributed by atoms with E-state index in [1.54, 1.807) is 0 Å². The molecule has 0 bridgehead atoms. The van der Waals surface area contributed by atoms with Gasteiger partial charge < -0.3 is 4.57 Å². The van der Waals surface area contributed by atoms with Gasteiger partial charge in [-0.15, -0.1) is 0 Å². The molecule has 0 saturated heterocycles. The summed E-state index contributed by atoms with van der Waals surface area (Å²) in [5.41, 5.74) is 17.6. The number of aryl methyl sites for hydroxylation is 2. The van der Waals surface area contributed by atoms with Gasteiger partial charge in [0.15, 0.2) is 17.5 Å².